The molecule has 0 aromatic heterocycles. The van der Waals surface area contributed by atoms with Crippen LogP contribution in [0.3, 0.4) is 0 Å². The van der Waals surface area contributed by atoms with Crippen molar-refractivity contribution in [3.8, 4) is 0 Å². The van der Waals surface area contributed by atoms with Crippen molar-refractivity contribution < 1.29 is 9.59 Å². The van der Waals surface area contributed by atoms with Gasteiger partial charge in [0.1, 0.15) is 0 Å². The third-order valence-electron chi connectivity index (χ3n) is 2.75. The highest BCUT2D eigenvalue weighted by Gasteiger charge is 2.34. The zero-order valence-electron chi connectivity index (χ0n) is 7.95. The van der Waals surface area contributed by atoms with Crippen LogP contribution in [0.2, 0.25) is 0 Å². The molecule has 0 spiro atoms. The van der Waals surface area contributed by atoms with Crippen LogP contribution in [0.25, 0.3) is 4.91 Å². The summed E-state index contributed by atoms with van der Waals surface area (Å²) in [6, 6.07) is 7.82. The van der Waals surface area contributed by atoms with E-state index in [1.54, 1.807) is 0 Å². The maximum atomic E-state index is 11.8. The van der Waals surface area contributed by atoms with E-state index in [-0.39, 0.29) is 11.6 Å². The Labute approximate surface area is 91.4 Å². The molecule has 0 N–H and O–H groups in total. The van der Waals surface area contributed by atoms with Crippen molar-refractivity contribution in [3.05, 3.63) is 41.0 Å². The molecule has 1 aliphatic carbocycles. The van der Waals surface area contributed by atoms with E-state index in [9.17, 15) is 9.59 Å². The van der Waals surface area contributed by atoms with Gasteiger partial charge >= 0.3 is 0 Å². The molecule has 3 rings (SSSR count). The van der Waals surface area contributed by atoms with Crippen LogP contribution in [0.5, 0.6) is 0 Å². The maximum Gasteiger partial charge on any atom is 0.177 e. The van der Waals surface area contributed by atoms with Crippen LogP contribution in [-0.2, 0) is 16.0 Å². The number of thioether (sulfide) groups is 1. The van der Waals surface area contributed by atoms with E-state index < -0.39 is 0 Å². The smallest absolute Gasteiger partial charge is 0.177 e. The molecule has 1 aromatic carbocycles. The zero-order valence-corrected chi connectivity index (χ0v) is 8.76. The lowest BCUT2D eigenvalue weighted by Crippen LogP contribution is -2.17. The number of Topliss-reactive ketones (excluding diaryl/α,β-unsaturated/α-hetero) is 2. The number of hydrogen-bond donors (Lipinski definition) is 0. The molecule has 0 fully saturated rings. The van der Waals surface area contributed by atoms with Gasteiger partial charge in [0.25, 0.3) is 0 Å². The van der Waals surface area contributed by atoms with Crippen molar-refractivity contribution in [1.82, 2.24) is 0 Å². The lowest BCUT2D eigenvalue weighted by molar-refractivity contribution is -0.119. The number of carbonyl (C=O) groups excluding carboxylic acids is 2. The molecule has 0 amide bonds. The fraction of sp³-hybridized carbons (Fsp3) is 0.167. The van der Waals surface area contributed by atoms with Gasteiger partial charge in [0.15, 0.2) is 11.6 Å². The summed E-state index contributed by atoms with van der Waals surface area (Å²) >= 11 is 1.49. The minimum absolute atomic E-state index is 0.00509. The van der Waals surface area contributed by atoms with Crippen LogP contribution in [0.4, 0.5) is 0 Å². The number of rotatable bonds is 0. The van der Waals surface area contributed by atoms with Gasteiger partial charge in [-0.2, -0.15) is 0 Å². The van der Waals surface area contributed by atoms with Gasteiger partial charge in [0.05, 0.1) is 11.3 Å². The minimum atomic E-state index is -0.0151. The van der Waals surface area contributed by atoms with E-state index in [1.807, 2.05) is 24.3 Å². The molecule has 1 aliphatic heterocycles. The van der Waals surface area contributed by atoms with E-state index >= 15 is 0 Å². The van der Waals surface area contributed by atoms with Crippen molar-refractivity contribution in [2.45, 2.75) is 6.42 Å². The lowest BCUT2D eigenvalue weighted by atomic mass is 9.89. The molecule has 2 nitrogen and oxygen atoms in total. The maximum absolute atomic E-state index is 11.8. The lowest BCUT2D eigenvalue weighted by Gasteiger charge is -2.15. The number of ketones is 2. The van der Waals surface area contributed by atoms with E-state index in [0.29, 0.717) is 17.7 Å². The summed E-state index contributed by atoms with van der Waals surface area (Å²) in [4.78, 5) is 24.2. The van der Waals surface area contributed by atoms with E-state index in [1.165, 1.54) is 11.8 Å². The molecule has 0 unspecified atom stereocenters. The molecule has 0 bridgehead atoms. The van der Waals surface area contributed by atoms with Crippen molar-refractivity contribution in [2.24, 2.45) is 0 Å². The van der Waals surface area contributed by atoms with Crippen LogP contribution < -0.4 is 0 Å². The van der Waals surface area contributed by atoms with E-state index in [4.69, 9.17) is 0 Å². The second-order valence-corrected chi connectivity index (χ2v) is 4.66. The third kappa shape index (κ3) is 1.20. The summed E-state index contributed by atoms with van der Waals surface area (Å²) in [5.41, 5.74) is 2.56. The van der Waals surface area contributed by atoms with Gasteiger partial charge in [0, 0.05) is 11.3 Å². The summed E-state index contributed by atoms with van der Waals surface area (Å²) in [7, 11) is 0. The van der Waals surface area contributed by atoms with Gasteiger partial charge in [-0.25, -0.2) is 0 Å². The predicted molar refractivity (Wildman–Crippen MR) is 59.5 cm³/mol. The number of allylic oxidation sites excluding steroid dienone is 1. The molecule has 1 heterocycles. The second kappa shape index (κ2) is 3.07. The van der Waals surface area contributed by atoms with Crippen LogP contribution in [0.15, 0.2) is 29.8 Å². The number of carbonyl (C=O) groups is 2. The van der Waals surface area contributed by atoms with Crippen molar-refractivity contribution in [1.29, 1.82) is 0 Å². The van der Waals surface area contributed by atoms with Gasteiger partial charge in [-0.3, -0.25) is 9.59 Å². The van der Waals surface area contributed by atoms with Gasteiger partial charge in [-0.15, -0.1) is 11.8 Å². The Morgan fingerprint density at radius 3 is 2.73 bits per heavy atom. The van der Waals surface area contributed by atoms with Crippen LogP contribution >= 0.6 is 11.8 Å². The van der Waals surface area contributed by atoms with Gasteiger partial charge in [-0.05, 0) is 11.1 Å². The fourth-order valence-electron chi connectivity index (χ4n) is 2.06. The Morgan fingerprint density at radius 2 is 1.87 bits per heavy atom. The SMILES string of the molecule is O=C1CSC2=C1C(=O)Cc1ccccc12. The topological polar surface area (TPSA) is 34.1 Å². The van der Waals surface area contributed by atoms with Gasteiger partial charge in [0.2, 0.25) is 0 Å². The summed E-state index contributed by atoms with van der Waals surface area (Å²) in [6.07, 6.45) is 0.376. The standard InChI is InChI=1S/C12H8O2S/c13-9-5-7-3-1-2-4-8(7)12-11(9)10(14)6-15-12/h1-4H,5-6H2. The summed E-state index contributed by atoms with van der Waals surface area (Å²) in [6.45, 7) is 0. The predicted octanol–water partition coefficient (Wildman–Crippen LogP) is 1.84. The third-order valence-corrected chi connectivity index (χ3v) is 3.86. The Morgan fingerprint density at radius 1 is 1.07 bits per heavy atom. The first kappa shape index (κ1) is 8.92. The summed E-state index contributed by atoms with van der Waals surface area (Å²) in [5.74, 6) is 0.401. The highest BCUT2D eigenvalue weighted by Crippen LogP contribution is 2.42. The van der Waals surface area contributed by atoms with Crippen LogP contribution in [0, 0.1) is 0 Å². The summed E-state index contributed by atoms with van der Waals surface area (Å²) < 4.78 is 0. The van der Waals surface area contributed by atoms with E-state index in [2.05, 4.69) is 0 Å². The molecule has 0 atom stereocenters. The Bertz CT molecular complexity index is 514. The minimum Gasteiger partial charge on any atom is -0.294 e. The van der Waals surface area contributed by atoms with Crippen molar-refractivity contribution >= 4 is 28.2 Å². The molecule has 0 radical (unpaired) electrons. The number of fused-ring (bicyclic) bond motifs is 2. The molecule has 15 heavy (non-hydrogen) atoms. The molecule has 0 saturated carbocycles. The molecule has 3 heteroatoms. The average Bonchev–Trinajstić information content (AvgIpc) is 2.62. The molecule has 74 valence electrons. The number of benzene rings is 1. The molecular formula is C12H8O2S. The van der Waals surface area contributed by atoms with Crippen LogP contribution in [0.1, 0.15) is 11.1 Å². The first-order chi connectivity index (χ1) is 7.27. The highest BCUT2D eigenvalue weighted by molar-refractivity contribution is 8.09. The number of hydrogen-bond acceptors (Lipinski definition) is 3. The average molecular weight is 216 g/mol. The highest BCUT2D eigenvalue weighted by atomic mass is 32.2. The Hall–Kier alpha value is -1.35. The summed E-state index contributed by atoms with van der Waals surface area (Å²) in [5, 5.41) is 0. The second-order valence-electron chi connectivity index (χ2n) is 3.67. The molecule has 1 aromatic rings. The fourth-order valence-corrected chi connectivity index (χ4v) is 3.21. The molecular weight excluding hydrogens is 208 g/mol. The molecule has 0 saturated heterocycles. The largest absolute Gasteiger partial charge is 0.294 e. The Balaban J connectivity index is 2.28. The first-order valence-electron chi connectivity index (χ1n) is 4.79. The zero-order chi connectivity index (χ0) is 10.4. The van der Waals surface area contributed by atoms with Gasteiger partial charge in [-0.1, -0.05) is 24.3 Å². The Kier molecular flexibility index (Phi) is 1.83. The van der Waals surface area contributed by atoms with Gasteiger partial charge < -0.3 is 0 Å². The van der Waals surface area contributed by atoms with Crippen LogP contribution in [-0.4, -0.2) is 17.3 Å². The van der Waals surface area contributed by atoms with Crippen molar-refractivity contribution in [3.63, 3.8) is 0 Å². The first-order valence-corrected chi connectivity index (χ1v) is 5.77. The molecule has 2 aliphatic rings. The normalized spacial score (nSPS) is 19.2. The monoisotopic (exact) mass is 216 g/mol. The van der Waals surface area contributed by atoms with Crippen molar-refractivity contribution in [2.75, 3.05) is 5.75 Å². The van der Waals surface area contributed by atoms with E-state index in [0.717, 1.165) is 16.0 Å². The quantitative estimate of drug-likeness (QED) is 0.620.